The summed E-state index contributed by atoms with van der Waals surface area (Å²) < 4.78 is 0. The van der Waals surface area contributed by atoms with Crippen LogP contribution in [0.15, 0.2) is 18.2 Å². The lowest BCUT2D eigenvalue weighted by atomic mass is 10.1. The van der Waals surface area contributed by atoms with Gasteiger partial charge < -0.3 is 5.11 Å². The molecule has 0 bridgehead atoms. The highest BCUT2D eigenvalue weighted by Crippen LogP contribution is 2.22. The van der Waals surface area contributed by atoms with Crippen LogP contribution in [0, 0.1) is 0 Å². The van der Waals surface area contributed by atoms with Gasteiger partial charge in [-0.25, -0.2) is 9.97 Å². The number of phenolic OH excluding ortho intramolecular Hbond substituents is 1. The predicted octanol–water partition coefficient (Wildman–Crippen LogP) is 2.55. The van der Waals surface area contributed by atoms with Crippen LogP contribution in [0.3, 0.4) is 0 Å². The van der Waals surface area contributed by atoms with Crippen LogP contribution in [0.1, 0.15) is 12.6 Å². The lowest BCUT2D eigenvalue weighted by Gasteiger charge is -2.03. The van der Waals surface area contributed by atoms with Crippen molar-refractivity contribution >= 4 is 22.5 Å². The standard InChI is InChI=1S/C10H9ClN2O/c1-2-8-7-5-6(14)3-4-9(7)13-10(11)12-8/h3-5,14H,2H2,1H3. The molecule has 3 nitrogen and oxygen atoms in total. The third-order valence-electron chi connectivity index (χ3n) is 2.07. The van der Waals surface area contributed by atoms with E-state index in [-0.39, 0.29) is 11.0 Å². The minimum atomic E-state index is 0.220. The van der Waals surface area contributed by atoms with Crippen LogP contribution >= 0.6 is 11.6 Å². The van der Waals surface area contributed by atoms with Gasteiger partial charge in [0.05, 0.1) is 11.2 Å². The Labute approximate surface area is 86.4 Å². The molecule has 0 aliphatic carbocycles. The van der Waals surface area contributed by atoms with Gasteiger partial charge in [-0.1, -0.05) is 6.92 Å². The summed E-state index contributed by atoms with van der Waals surface area (Å²) in [6.45, 7) is 1.99. The maximum Gasteiger partial charge on any atom is 0.223 e. The molecular formula is C10H9ClN2O. The molecule has 2 rings (SSSR count). The van der Waals surface area contributed by atoms with E-state index in [1.807, 2.05) is 6.92 Å². The number of aromatic hydroxyl groups is 1. The third kappa shape index (κ3) is 1.51. The molecule has 1 aromatic carbocycles. The van der Waals surface area contributed by atoms with Gasteiger partial charge in [-0.3, -0.25) is 0 Å². The molecule has 4 heteroatoms. The van der Waals surface area contributed by atoms with Crippen molar-refractivity contribution in [2.24, 2.45) is 0 Å². The van der Waals surface area contributed by atoms with E-state index in [1.54, 1.807) is 18.2 Å². The van der Waals surface area contributed by atoms with Gasteiger partial charge in [0.15, 0.2) is 0 Å². The molecule has 1 N–H and O–H groups in total. The van der Waals surface area contributed by atoms with Crippen molar-refractivity contribution in [3.05, 3.63) is 29.2 Å². The average Bonchev–Trinajstić information content (AvgIpc) is 2.17. The van der Waals surface area contributed by atoms with E-state index in [0.29, 0.717) is 0 Å². The van der Waals surface area contributed by atoms with Gasteiger partial charge in [0, 0.05) is 5.39 Å². The zero-order valence-electron chi connectivity index (χ0n) is 7.66. The molecule has 0 aliphatic heterocycles. The number of hydrogen-bond acceptors (Lipinski definition) is 3. The van der Waals surface area contributed by atoms with E-state index in [9.17, 15) is 5.11 Å². The molecule has 2 aromatic rings. The first-order valence-corrected chi connectivity index (χ1v) is 4.73. The van der Waals surface area contributed by atoms with Crippen molar-refractivity contribution in [3.8, 4) is 5.75 Å². The van der Waals surface area contributed by atoms with Crippen molar-refractivity contribution in [2.75, 3.05) is 0 Å². The van der Waals surface area contributed by atoms with Crippen LogP contribution in [0.5, 0.6) is 5.75 Å². The molecule has 0 spiro atoms. The summed E-state index contributed by atoms with van der Waals surface area (Å²) in [4.78, 5) is 8.17. The molecule has 0 fully saturated rings. The van der Waals surface area contributed by atoms with Crippen LogP contribution in [0.25, 0.3) is 10.9 Å². The Morgan fingerprint density at radius 3 is 2.86 bits per heavy atom. The first-order valence-electron chi connectivity index (χ1n) is 4.36. The minimum Gasteiger partial charge on any atom is -0.508 e. The molecule has 14 heavy (non-hydrogen) atoms. The molecule has 1 aromatic heterocycles. The van der Waals surface area contributed by atoms with Crippen molar-refractivity contribution in [1.29, 1.82) is 0 Å². The Kier molecular flexibility index (Phi) is 2.25. The Balaban J connectivity index is 2.81. The van der Waals surface area contributed by atoms with E-state index < -0.39 is 0 Å². The highest BCUT2D eigenvalue weighted by Gasteiger charge is 2.05. The van der Waals surface area contributed by atoms with Gasteiger partial charge in [-0.2, -0.15) is 0 Å². The van der Waals surface area contributed by atoms with Crippen molar-refractivity contribution in [3.63, 3.8) is 0 Å². The number of halogens is 1. The van der Waals surface area contributed by atoms with Crippen LogP contribution in [-0.2, 0) is 6.42 Å². The topological polar surface area (TPSA) is 46.0 Å². The number of hydrogen-bond donors (Lipinski definition) is 1. The molecule has 0 saturated heterocycles. The second-order valence-corrected chi connectivity index (χ2v) is 3.33. The van der Waals surface area contributed by atoms with Gasteiger partial charge in [-0.05, 0) is 36.2 Å². The monoisotopic (exact) mass is 208 g/mol. The SMILES string of the molecule is CCc1nc(Cl)nc2ccc(O)cc12. The van der Waals surface area contributed by atoms with E-state index in [0.717, 1.165) is 23.0 Å². The third-order valence-corrected chi connectivity index (χ3v) is 2.23. The molecule has 0 amide bonds. The molecule has 72 valence electrons. The summed E-state index contributed by atoms with van der Waals surface area (Å²) in [5, 5.41) is 10.4. The summed E-state index contributed by atoms with van der Waals surface area (Å²) in [6.07, 6.45) is 0.766. The minimum absolute atomic E-state index is 0.220. The fraction of sp³-hybridized carbons (Fsp3) is 0.200. The van der Waals surface area contributed by atoms with Gasteiger partial charge in [0.1, 0.15) is 5.75 Å². The second kappa shape index (κ2) is 3.42. The Hall–Kier alpha value is -1.35. The zero-order valence-corrected chi connectivity index (χ0v) is 8.41. The van der Waals surface area contributed by atoms with E-state index in [1.165, 1.54) is 0 Å². The maximum absolute atomic E-state index is 9.33. The lowest BCUT2D eigenvalue weighted by Crippen LogP contribution is -1.93. The molecular weight excluding hydrogens is 200 g/mol. The average molecular weight is 209 g/mol. The van der Waals surface area contributed by atoms with Crippen molar-refractivity contribution < 1.29 is 5.11 Å². The highest BCUT2D eigenvalue weighted by atomic mass is 35.5. The molecule has 0 atom stereocenters. The quantitative estimate of drug-likeness (QED) is 0.733. The lowest BCUT2D eigenvalue weighted by molar-refractivity contribution is 0.476. The number of rotatable bonds is 1. The first kappa shape index (κ1) is 9.21. The number of nitrogens with zero attached hydrogens (tertiary/aromatic N) is 2. The first-order chi connectivity index (χ1) is 6.70. The fourth-order valence-electron chi connectivity index (χ4n) is 1.42. The van der Waals surface area contributed by atoms with Crippen LogP contribution < -0.4 is 0 Å². The summed E-state index contributed by atoms with van der Waals surface area (Å²) >= 11 is 5.76. The highest BCUT2D eigenvalue weighted by molar-refractivity contribution is 6.28. The van der Waals surface area contributed by atoms with Crippen molar-refractivity contribution in [2.45, 2.75) is 13.3 Å². The van der Waals surface area contributed by atoms with Gasteiger partial charge >= 0.3 is 0 Å². The van der Waals surface area contributed by atoms with E-state index >= 15 is 0 Å². The molecule has 0 unspecified atom stereocenters. The van der Waals surface area contributed by atoms with Gasteiger partial charge in [-0.15, -0.1) is 0 Å². The predicted molar refractivity (Wildman–Crippen MR) is 55.6 cm³/mol. The maximum atomic E-state index is 9.33. The Bertz CT molecular complexity index is 485. The second-order valence-electron chi connectivity index (χ2n) is 2.99. The Morgan fingerprint density at radius 1 is 1.36 bits per heavy atom. The van der Waals surface area contributed by atoms with Crippen LogP contribution in [0.2, 0.25) is 5.28 Å². The van der Waals surface area contributed by atoms with Crippen LogP contribution in [-0.4, -0.2) is 15.1 Å². The summed E-state index contributed by atoms with van der Waals surface area (Å²) in [7, 11) is 0. The number of aryl methyl sites for hydroxylation is 1. The van der Waals surface area contributed by atoms with Gasteiger partial charge in [0.25, 0.3) is 0 Å². The normalized spacial score (nSPS) is 10.7. The largest absolute Gasteiger partial charge is 0.508 e. The van der Waals surface area contributed by atoms with Crippen molar-refractivity contribution in [1.82, 2.24) is 9.97 Å². The van der Waals surface area contributed by atoms with E-state index in [4.69, 9.17) is 11.6 Å². The molecule has 1 heterocycles. The molecule has 0 radical (unpaired) electrons. The fourth-order valence-corrected chi connectivity index (χ4v) is 1.61. The zero-order chi connectivity index (χ0) is 10.1. The van der Waals surface area contributed by atoms with Crippen LogP contribution in [0.4, 0.5) is 0 Å². The van der Waals surface area contributed by atoms with E-state index in [2.05, 4.69) is 9.97 Å². The number of fused-ring (bicyclic) bond motifs is 1. The smallest absolute Gasteiger partial charge is 0.223 e. The summed E-state index contributed by atoms with van der Waals surface area (Å²) in [5.74, 6) is 0.220. The molecule has 0 saturated carbocycles. The number of benzene rings is 1. The Morgan fingerprint density at radius 2 is 2.14 bits per heavy atom. The molecule has 0 aliphatic rings. The number of aromatic nitrogens is 2. The summed E-state index contributed by atoms with van der Waals surface area (Å²) in [6, 6.07) is 4.98. The number of phenols is 1. The van der Waals surface area contributed by atoms with Gasteiger partial charge in [0.2, 0.25) is 5.28 Å². The summed E-state index contributed by atoms with van der Waals surface area (Å²) in [5.41, 5.74) is 1.62.